The van der Waals surface area contributed by atoms with Gasteiger partial charge in [0, 0.05) is 0 Å². The molecule has 0 aliphatic heterocycles. The Hall–Kier alpha value is -2.62. The third-order valence-electron chi connectivity index (χ3n) is 2.77. The first-order chi connectivity index (χ1) is 9.60. The van der Waals surface area contributed by atoms with Crippen LogP contribution in [0.2, 0.25) is 0 Å². The molecule has 2 aromatic carbocycles. The standard InChI is InChI=1S/C16H13FO3/c1-20-13-7-9-16(19)14(10-13)15(18)8-4-11-2-5-12(17)6-3-11/h2-10,19H,1H3/b8-4+. The SMILES string of the molecule is COc1ccc(O)c(C(=O)/C=C/c2ccc(F)cc2)c1. The molecule has 0 aliphatic carbocycles. The van der Waals surface area contributed by atoms with Gasteiger partial charge in [0.25, 0.3) is 0 Å². The largest absolute Gasteiger partial charge is 0.507 e. The lowest BCUT2D eigenvalue weighted by molar-refractivity contribution is 0.104. The lowest BCUT2D eigenvalue weighted by Gasteiger charge is -2.04. The van der Waals surface area contributed by atoms with E-state index in [9.17, 15) is 14.3 Å². The molecule has 0 radical (unpaired) electrons. The summed E-state index contributed by atoms with van der Waals surface area (Å²) < 4.78 is 17.8. The Morgan fingerprint density at radius 1 is 1.20 bits per heavy atom. The van der Waals surface area contributed by atoms with E-state index in [0.29, 0.717) is 11.3 Å². The number of allylic oxidation sites excluding steroid dienone is 1. The summed E-state index contributed by atoms with van der Waals surface area (Å²) >= 11 is 0. The van der Waals surface area contributed by atoms with Crippen LogP contribution in [-0.4, -0.2) is 18.0 Å². The van der Waals surface area contributed by atoms with Gasteiger partial charge in [0.05, 0.1) is 12.7 Å². The highest BCUT2D eigenvalue weighted by molar-refractivity contribution is 6.08. The molecule has 102 valence electrons. The molecule has 0 unspecified atom stereocenters. The van der Waals surface area contributed by atoms with Crippen LogP contribution in [0.3, 0.4) is 0 Å². The Labute approximate surface area is 115 Å². The molecule has 0 atom stereocenters. The van der Waals surface area contributed by atoms with Crippen LogP contribution in [0.5, 0.6) is 11.5 Å². The van der Waals surface area contributed by atoms with E-state index in [0.717, 1.165) is 0 Å². The number of methoxy groups -OCH3 is 1. The highest BCUT2D eigenvalue weighted by Crippen LogP contribution is 2.23. The van der Waals surface area contributed by atoms with Crippen molar-refractivity contribution in [1.82, 2.24) is 0 Å². The maximum absolute atomic E-state index is 12.7. The average Bonchev–Trinajstić information content (AvgIpc) is 2.47. The third kappa shape index (κ3) is 3.23. The van der Waals surface area contributed by atoms with Crippen molar-refractivity contribution >= 4 is 11.9 Å². The van der Waals surface area contributed by atoms with Gasteiger partial charge in [0.2, 0.25) is 0 Å². The Bertz CT molecular complexity index is 645. The van der Waals surface area contributed by atoms with Crippen LogP contribution in [0.15, 0.2) is 48.5 Å². The number of hydrogen-bond donors (Lipinski definition) is 1. The van der Waals surface area contributed by atoms with Crippen LogP contribution >= 0.6 is 0 Å². The zero-order valence-corrected chi connectivity index (χ0v) is 10.8. The predicted octanol–water partition coefficient (Wildman–Crippen LogP) is 3.44. The maximum atomic E-state index is 12.7. The summed E-state index contributed by atoms with van der Waals surface area (Å²) in [6.07, 6.45) is 2.88. The Balaban J connectivity index is 2.21. The van der Waals surface area contributed by atoms with Gasteiger partial charge >= 0.3 is 0 Å². The molecule has 4 heteroatoms. The van der Waals surface area contributed by atoms with E-state index in [2.05, 4.69) is 0 Å². The highest BCUT2D eigenvalue weighted by Gasteiger charge is 2.09. The van der Waals surface area contributed by atoms with Crippen LogP contribution < -0.4 is 4.74 Å². The van der Waals surface area contributed by atoms with Gasteiger partial charge < -0.3 is 9.84 Å². The number of rotatable bonds is 4. The van der Waals surface area contributed by atoms with Crippen LogP contribution in [0, 0.1) is 5.82 Å². The first-order valence-electron chi connectivity index (χ1n) is 5.95. The predicted molar refractivity (Wildman–Crippen MR) is 74.4 cm³/mol. The van der Waals surface area contributed by atoms with Crippen molar-refractivity contribution in [3.8, 4) is 11.5 Å². The van der Waals surface area contributed by atoms with Crippen molar-refractivity contribution in [2.75, 3.05) is 7.11 Å². The topological polar surface area (TPSA) is 46.5 Å². The number of phenols is 1. The molecule has 1 N–H and O–H groups in total. The Kier molecular flexibility index (Phi) is 4.15. The summed E-state index contributed by atoms with van der Waals surface area (Å²) in [6.45, 7) is 0. The van der Waals surface area contributed by atoms with Gasteiger partial charge in [0.15, 0.2) is 5.78 Å². The number of ketones is 1. The molecule has 20 heavy (non-hydrogen) atoms. The molecule has 0 aromatic heterocycles. The molecule has 0 fully saturated rings. The molecule has 2 rings (SSSR count). The number of halogens is 1. The van der Waals surface area contributed by atoms with Crippen LogP contribution in [0.1, 0.15) is 15.9 Å². The second-order valence-electron chi connectivity index (χ2n) is 4.13. The first-order valence-corrected chi connectivity index (χ1v) is 5.95. The van der Waals surface area contributed by atoms with Gasteiger partial charge in [-0.15, -0.1) is 0 Å². The zero-order valence-electron chi connectivity index (χ0n) is 10.8. The minimum absolute atomic E-state index is 0.112. The number of phenolic OH excluding ortho intramolecular Hbond substituents is 1. The Morgan fingerprint density at radius 3 is 2.55 bits per heavy atom. The number of hydrogen-bond acceptors (Lipinski definition) is 3. The summed E-state index contributed by atoms with van der Waals surface area (Å²) in [5, 5.41) is 9.67. The van der Waals surface area contributed by atoms with Crippen LogP contribution in [0.4, 0.5) is 4.39 Å². The van der Waals surface area contributed by atoms with E-state index in [1.54, 1.807) is 24.3 Å². The number of benzene rings is 2. The summed E-state index contributed by atoms with van der Waals surface area (Å²) in [5.41, 5.74) is 0.852. The summed E-state index contributed by atoms with van der Waals surface area (Å²) in [4.78, 5) is 12.0. The van der Waals surface area contributed by atoms with E-state index in [4.69, 9.17) is 4.74 Å². The molecular formula is C16H13FO3. The van der Waals surface area contributed by atoms with Crippen molar-refractivity contribution in [3.63, 3.8) is 0 Å². The van der Waals surface area contributed by atoms with Gasteiger partial charge in [-0.2, -0.15) is 0 Å². The fourth-order valence-electron chi connectivity index (χ4n) is 1.68. The maximum Gasteiger partial charge on any atom is 0.189 e. The molecular weight excluding hydrogens is 259 g/mol. The van der Waals surface area contributed by atoms with Crippen molar-refractivity contribution in [2.24, 2.45) is 0 Å². The average molecular weight is 272 g/mol. The van der Waals surface area contributed by atoms with Crippen molar-refractivity contribution in [3.05, 3.63) is 65.5 Å². The summed E-state index contributed by atoms with van der Waals surface area (Å²) in [5.74, 6) is -0.314. The van der Waals surface area contributed by atoms with Crippen molar-refractivity contribution in [2.45, 2.75) is 0 Å². The van der Waals surface area contributed by atoms with Gasteiger partial charge in [-0.3, -0.25) is 4.79 Å². The van der Waals surface area contributed by atoms with E-state index < -0.39 is 0 Å². The van der Waals surface area contributed by atoms with E-state index >= 15 is 0 Å². The van der Waals surface area contributed by atoms with Gasteiger partial charge in [-0.05, 0) is 42.0 Å². The lowest BCUT2D eigenvalue weighted by atomic mass is 10.1. The van der Waals surface area contributed by atoms with Crippen molar-refractivity contribution < 1.29 is 19.0 Å². The van der Waals surface area contributed by atoms with E-state index in [-0.39, 0.29) is 22.9 Å². The second kappa shape index (κ2) is 6.02. The molecule has 0 saturated carbocycles. The Morgan fingerprint density at radius 2 is 1.90 bits per heavy atom. The molecule has 3 nitrogen and oxygen atoms in total. The molecule has 0 aliphatic rings. The minimum atomic E-state index is -0.356. The fraction of sp³-hybridized carbons (Fsp3) is 0.0625. The van der Waals surface area contributed by atoms with Crippen molar-refractivity contribution in [1.29, 1.82) is 0 Å². The number of carbonyl (C=O) groups is 1. The minimum Gasteiger partial charge on any atom is -0.507 e. The molecule has 2 aromatic rings. The summed E-state index contributed by atoms with van der Waals surface area (Å²) in [7, 11) is 1.48. The molecule has 0 bridgehead atoms. The molecule has 0 spiro atoms. The smallest absolute Gasteiger partial charge is 0.189 e. The number of aromatic hydroxyl groups is 1. The molecule has 0 heterocycles. The number of carbonyl (C=O) groups excluding carboxylic acids is 1. The van der Waals surface area contributed by atoms with E-state index in [1.807, 2.05) is 0 Å². The molecule has 0 saturated heterocycles. The summed E-state index contributed by atoms with van der Waals surface area (Å²) in [6, 6.07) is 10.2. The van der Waals surface area contributed by atoms with Crippen LogP contribution in [-0.2, 0) is 0 Å². The number of ether oxygens (including phenoxy) is 1. The molecule has 0 amide bonds. The van der Waals surface area contributed by atoms with E-state index in [1.165, 1.54) is 37.5 Å². The van der Waals surface area contributed by atoms with Crippen LogP contribution in [0.25, 0.3) is 6.08 Å². The lowest BCUT2D eigenvalue weighted by Crippen LogP contribution is -1.96. The van der Waals surface area contributed by atoms with Gasteiger partial charge in [0.1, 0.15) is 17.3 Å². The van der Waals surface area contributed by atoms with Gasteiger partial charge in [-0.1, -0.05) is 18.2 Å². The quantitative estimate of drug-likeness (QED) is 0.685. The fourth-order valence-corrected chi connectivity index (χ4v) is 1.68. The second-order valence-corrected chi connectivity index (χ2v) is 4.13. The third-order valence-corrected chi connectivity index (χ3v) is 2.77. The normalized spacial score (nSPS) is 10.7. The monoisotopic (exact) mass is 272 g/mol. The highest BCUT2D eigenvalue weighted by atomic mass is 19.1. The van der Waals surface area contributed by atoms with Gasteiger partial charge in [-0.25, -0.2) is 4.39 Å². The first kappa shape index (κ1) is 13.8. The zero-order chi connectivity index (χ0) is 14.5.